The van der Waals surface area contributed by atoms with Crippen molar-refractivity contribution in [2.45, 2.75) is 6.18 Å². The van der Waals surface area contributed by atoms with Crippen LogP contribution in [0.1, 0.15) is 5.69 Å². The first-order valence-electron chi connectivity index (χ1n) is 2.80. The lowest BCUT2D eigenvalue weighted by Crippen LogP contribution is -2.29. The number of hydrogen-bond acceptors (Lipinski definition) is 4. The lowest BCUT2D eigenvalue weighted by molar-refractivity contribution is -0.140. The van der Waals surface area contributed by atoms with Gasteiger partial charge in [0.2, 0.25) is 0 Å². The second-order valence-corrected chi connectivity index (χ2v) is 2.83. The Morgan fingerprint density at radius 1 is 1.42 bits per heavy atom. The van der Waals surface area contributed by atoms with Gasteiger partial charge in [0.25, 0.3) is 0 Å². The Labute approximate surface area is 69.6 Å². The van der Waals surface area contributed by atoms with E-state index in [2.05, 4.69) is 4.98 Å². The van der Waals surface area contributed by atoms with E-state index in [1.165, 1.54) is 0 Å². The molecular formula is C4H3BF3NO2S. The molecule has 0 unspecified atom stereocenters. The van der Waals surface area contributed by atoms with Gasteiger partial charge in [-0.3, -0.25) is 0 Å². The predicted octanol–water partition coefficient (Wildman–Crippen LogP) is -0.158. The summed E-state index contributed by atoms with van der Waals surface area (Å²) in [7, 11) is -1.94. The van der Waals surface area contributed by atoms with Gasteiger partial charge < -0.3 is 10.0 Å². The van der Waals surface area contributed by atoms with E-state index in [1.54, 1.807) is 0 Å². The van der Waals surface area contributed by atoms with Crippen LogP contribution < -0.4 is 4.91 Å². The molecule has 8 heteroatoms. The molecular weight excluding hydrogens is 194 g/mol. The highest BCUT2D eigenvalue weighted by atomic mass is 32.1. The summed E-state index contributed by atoms with van der Waals surface area (Å²) in [6.45, 7) is 0. The van der Waals surface area contributed by atoms with E-state index in [9.17, 15) is 13.2 Å². The van der Waals surface area contributed by atoms with Crippen molar-refractivity contribution in [2.75, 3.05) is 0 Å². The molecule has 66 valence electrons. The fraction of sp³-hybridized carbons (Fsp3) is 0.250. The van der Waals surface area contributed by atoms with Crippen molar-refractivity contribution < 1.29 is 23.2 Å². The zero-order valence-corrected chi connectivity index (χ0v) is 6.35. The van der Waals surface area contributed by atoms with Crippen molar-refractivity contribution in [2.24, 2.45) is 0 Å². The molecule has 0 aliphatic rings. The predicted molar refractivity (Wildman–Crippen MR) is 36.9 cm³/mol. The second-order valence-electron chi connectivity index (χ2n) is 1.94. The molecule has 0 aliphatic carbocycles. The van der Waals surface area contributed by atoms with Gasteiger partial charge in [0.15, 0.2) is 5.69 Å². The molecule has 0 saturated heterocycles. The standard InChI is InChI=1S/C4H3BF3NO2S/c6-4(7,8)2-1-12-3(9-2)5(10)11/h1,10-11H. The fourth-order valence-corrected chi connectivity index (χ4v) is 1.23. The molecule has 0 bridgehead atoms. The summed E-state index contributed by atoms with van der Waals surface area (Å²) in [4.78, 5) is 2.62. The van der Waals surface area contributed by atoms with Crippen molar-refractivity contribution in [1.82, 2.24) is 4.98 Å². The van der Waals surface area contributed by atoms with Gasteiger partial charge in [0.1, 0.15) is 4.91 Å². The van der Waals surface area contributed by atoms with E-state index in [0.717, 1.165) is 5.38 Å². The number of thiazole rings is 1. The van der Waals surface area contributed by atoms with Gasteiger partial charge in [-0.15, -0.1) is 11.3 Å². The van der Waals surface area contributed by atoms with Crippen LogP contribution in [0.3, 0.4) is 0 Å². The lowest BCUT2D eigenvalue weighted by Gasteiger charge is -1.99. The van der Waals surface area contributed by atoms with E-state index in [-0.39, 0.29) is 4.91 Å². The Hall–Kier alpha value is -0.595. The Bertz CT molecular complexity index is 274. The molecule has 0 spiro atoms. The van der Waals surface area contributed by atoms with Gasteiger partial charge in [-0.1, -0.05) is 0 Å². The molecule has 12 heavy (non-hydrogen) atoms. The molecule has 0 amide bonds. The molecule has 0 atom stereocenters. The molecule has 1 rings (SSSR count). The maximum Gasteiger partial charge on any atom is 0.519 e. The van der Waals surface area contributed by atoms with E-state index in [0.29, 0.717) is 11.3 Å². The highest BCUT2D eigenvalue weighted by molar-refractivity contribution is 7.20. The first-order valence-corrected chi connectivity index (χ1v) is 3.68. The molecule has 0 radical (unpaired) electrons. The van der Waals surface area contributed by atoms with Gasteiger partial charge in [-0.05, 0) is 0 Å². The van der Waals surface area contributed by atoms with Gasteiger partial charge in [-0.25, -0.2) is 4.98 Å². The van der Waals surface area contributed by atoms with Crippen LogP contribution in [0.5, 0.6) is 0 Å². The first-order chi connectivity index (χ1) is 5.41. The fourth-order valence-electron chi connectivity index (χ4n) is 0.536. The smallest absolute Gasteiger partial charge is 0.422 e. The number of alkyl halides is 3. The summed E-state index contributed by atoms with van der Waals surface area (Å²) in [5.41, 5.74) is -1.10. The molecule has 1 aromatic heterocycles. The van der Waals surface area contributed by atoms with Crippen molar-refractivity contribution >= 4 is 23.4 Å². The van der Waals surface area contributed by atoms with Crippen LogP contribution in [-0.4, -0.2) is 22.2 Å². The summed E-state index contributed by atoms with van der Waals surface area (Å²) in [5.74, 6) is 0. The van der Waals surface area contributed by atoms with Crippen LogP contribution in [0, 0.1) is 0 Å². The van der Waals surface area contributed by atoms with Gasteiger partial charge >= 0.3 is 13.3 Å². The van der Waals surface area contributed by atoms with Crippen molar-refractivity contribution in [1.29, 1.82) is 0 Å². The lowest BCUT2D eigenvalue weighted by atomic mass is 9.94. The summed E-state index contributed by atoms with van der Waals surface area (Å²) >= 11 is 0.553. The van der Waals surface area contributed by atoms with E-state index >= 15 is 0 Å². The zero-order valence-electron chi connectivity index (χ0n) is 5.54. The molecule has 2 N–H and O–H groups in total. The number of rotatable bonds is 1. The van der Waals surface area contributed by atoms with Crippen LogP contribution in [0.25, 0.3) is 0 Å². The molecule has 3 nitrogen and oxygen atoms in total. The minimum atomic E-state index is -4.52. The number of hydrogen-bond donors (Lipinski definition) is 2. The van der Waals surface area contributed by atoms with Gasteiger partial charge in [-0.2, -0.15) is 13.2 Å². The zero-order chi connectivity index (χ0) is 9.35. The van der Waals surface area contributed by atoms with Crippen LogP contribution in [-0.2, 0) is 6.18 Å². The maximum atomic E-state index is 11.8. The second kappa shape index (κ2) is 3.04. The number of nitrogens with zero attached hydrogens (tertiary/aromatic N) is 1. The summed E-state index contributed by atoms with van der Waals surface area (Å²) in [6.07, 6.45) is -4.52. The number of aromatic nitrogens is 1. The van der Waals surface area contributed by atoms with E-state index in [4.69, 9.17) is 10.0 Å². The van der Waals surface area contributed by atoms with Gasteiger partial charge in [0, 0.05) is 5.38 Å². The Morgan fingerprint density at radius 2 is 2.00 bits per heavy atom. The van der Waals surface area contributed by atoms with Crippen molar-refractivity contribution in [3.63, 3.8) is 0 Å². The average molecular weight is 197 g/mol. The van der Waals surface area contributed by atoms with Crippen molar-refractivity contribution in [3.05, 3.63) is 11.1 Å². The first kappa shape index (κ1) is 9.49. The van der Waals surface area contributed by atoms with Crippen molar-refractivity contribution in [3.8, 4) is 0 Å². The molecule has 0 aromatic carbocycles. The summed E-state index contributed by atoms with van der Waals surface area (Å²) in [6, 6.07) is 0. The quantitative estimate of drug-likeness (QED) is 0.615. The monoisotopic (exact) mass is 197 g/mol. The van der Waals surface area contributed by atoms with Gasteiger partial charge in [0.05, 0.1) is 0 Å². The molecule has 0 aliphatic heterocycles. The topological polar surface area (TPSA) is 53.4 Å². The molecule has 0 fully saturated rings. The SMILES string of the molecule is OB(O)c1nc(C(F)(F)F)cs1. The van der Waals surface area contributed by atoms with E-state index < -0.39 is 19.0 Å². The van der Waals surface area contributed by atoms with Crippen LogP contribution in [0.2, 0.25) is 0 Å². The minimum absolute atomic E-state index is 0.359. The summed E-state index contributed by atoms with van der Waals surface area (Å²) in [5, 5.41) is 17.6. The van der Waals surface area contributed by atoms with Crippen LogP contribution >= 0.6 is 11.3 Å². The molecule has 1 aromatic rings. The van der Waals surface area contributed by atoms with Crippen LogP contribution in [0.15, 0.2) is 5.38 Å². The highest BCUT2D eigenvalue weighted by Crippen LogP contribution is 2.27. The van der Waals surface area contributed by atoms with E-state index in [1.807, 2.05) is 0 Å². The Kier molecular flexibility index (Phi) is 2.40. The number of halogens is 3. The Morgan fingerprint density at radius 3 is 2.25 bits per heavy atom. The largest absolute Gasteiger partial charge is 0.519 e. The van der Waals surface area contributed by atoms with Crippen LogP contribution in [0.4, 0.5) is 13.2 Å². The molecule has 1 heterocycles. The third-order valence-electron chi connectivity index (χ3n) is 1.03. The highest BCUT2D eigenvalue weighted by Gasteiger charge is 2.34. The molecule has 0 saturated carbocycles. The average Bonchev–Trinajstić information content (AvgIpc) is 2.30. The third kappa shape index (κ3) is 1.96. The summed E-state index contributed by atoms with van der Waals surface area (Å²) < 4.78 is 35.5. The Balaban J connectivity index is 2.92. The minimum Gasteiger partial charge on any atom is -0.422 e. The maximum absolute atomic E-state index is 11.8. The normalized spacial score (nSPS) is 11.8. The third-order valence-corrected chi connectivity index (χ3v) is 1.92.